The van der Waals surface area contributed by atoms with Crippen LogP contribution >= 0.6 is 0 Å². The van der Waals surface area contributed by atoms with Gasteiger partial charge < -0.3 is 9.47 Å². The van der Waals surface area contributed by atoms with Crippen LogP contribution in [0.4, 0.5) is 18.9 Å². The lowest BCUT2D eigenvalue weighted by Gasteiger charge is -2.42. The second-order valence-corrected chi connectivity index (χ2v) is 7.94. The molecule has 1 aliphatic rings. The molecule has 0 unspecified atom stereocenters. The normalized spacial score (nSPS) is 17.0. The summed E-state index contributed by atoms with van der Waals surface area (Å²) in [6.45, 7) is 3.51. The van der Waals surface area contributed by atoms with Crippen molar-refractivity contribution in [3.8, 4) is 6.07 Å². The Morgan fingerprint density at radius 3 is 2.53 bits per heavy atom. The number of aryl methyl sites for hydroxylation is 1. The zero-order valence-corrected chi connectivity index (χ0v) is 17.8. The number of hydrogen-bond donors (Lipinski definition) is 0. The van der Waals surface area contributed by atoms with Crippen LogP contribution in [-0.2, 0) is 13.6 Å². The number of fused-ring (bicyclic) bond motifs is 1. The minimum Gasteiger partial charge on any atom is -0.364 e. The molecule has 0 aliphatic carbocycles. The first kappa shape index (κ1) is 21.8. The van der Waals surface area contributed by atoms with Crippen LogP contribution in [0.15, 0.2) is 35.1 Å². The van der Waals surface area contributed by atoms with E-state index < -0.39 is 17.5 Å². The van der Waals surface area contributed by atoms with Gasteiger partial charge in [-0.15, -0.1) is 0 Å². The second kappa shape index (κ2) is 8.63. The van der Waals surface area contributed by atoms with Gasteiger partial charge in [0.15, 0.2) is 0 Å². The number of rotatable bonds is 4. The molecule has 3 heterocycles. The van der Waals surface area contributed by atoms with Crippen molar-refractivity contribution in [3.05, 3.63) is 69.4 Å². The quantitative estimate of drug-likeness (QED) is 0.622. The van der Waals surface area contributed by atoms with Crippen LogP contribution in [-0.4, -0.2) is 40.1 Å². The Balaban J connectivity index is 1.66. The van der Waals surface area contributed by atoms with Crippen LogP contribution in [0.1, 0.15) is 24.6 Å². The van der Waals surface area contributed by atoms with Crippen LogP contribution in [0, 0.1) is 28.8 Å². The van der Waals surface area contributed by atoms with Crippen LogP contribution in [0.5, 0.6) is 0 Å². The Hall–Kier alpha value is -3.38. The van der Waals surface area contributed by atoms with Crippen LogP contribution in [0.25, 0.3) is 11.0 Å². The van der Waals surface area contributed by atoms with Crippen molar-refractivity contribution >= 4 is 16.7 Å². The van der Waals surface area contributed by atoms with E-state index in [1.165, 1.54) is 10.6 Å². The molecule has 166 valence electrons. The van der Waals surface area contributed by atoms with E-state index >= 15 is 0 Å². The fourth-order valence-electron chi connectivity index (χ4n) is 4.27. The van der Waals surface area contributed by atoms with Gasteiger partial charge in [-0.25, -0.2) is 18.2 Å². The number of hydrogen-bond acceptors (Lipinski definition) is 5. The lowest BCUT2D eigenvalue weighted by atomic mass is 10.1. The summed E-state index contributed by atoms with van der Waals surface area (Å²) < 4.78 is 43.0. The van der Waals surface area contributed by atoms with Crippen molar-refractivity contribution in [1.29, 1.82) is 5.26 Å². The summed E-state index contributed by atoms with van der Waals surface area (Å²) in [6.07, 6.45) is 0.722. The van der Waals surface area contributed by atoms with Crippen LogP contribution in [0.2, 0.25) is 0 Å². The molecule has 0 bridgehead atoms. The molecule has 0 N–H and O–H groups in total. The molecule has 6 nitrogen and oxygen atoms in total. The van der Waals surface area contributed by atoms with Gasteiger partial charge in [0.05, 0.1) is 11.2 Å². The van der Waals surface area contributed by atoms with Crippen molar-refractivity contribution in [2.45, 2.75) is 25.9 Å². The number of pyridine rings is 2. The molecule has 1 saturated heterocycles. The highest BCUT2D eigenvalue weighted by Gasteiger charge is 2.29. The summed E-state index contributed by atoms with van der Waals surface area (Å²) in [5, 5.41) is 9.27. The van der Waals surface area contributed by atoms with E-state index in [9.17, 15) is 23.2 Å². The molecule has 2 aromatic heterocycles. The van der Waals surface area contributed by atoms with E-state index in [1.807, 2.05) is 17.9 Å². The van der Waals surface area contributed by atoms with Crippen molar-refractivity contribution in [2.75, 3.05) is 24.5 Å². The number of aromatic nitrogens is 2. The minimum absolute atomic E-state index is 0.0242. The van der Waals surface area contributed by atoms with Gasteiger partial charge in [-0.2, -0.15) is 5.26 Å². The molecule has 0 amide bonds. The molecular formula is C23H22F3N5O. The SMILES string of the molecule is CC[C@H]1CN(Cc2c(F)cc(F)cc2F)CCN1c1cc(=O)n(C)c2ccc(C#N)nc12. The molecule has 1 fully saturated rings. The fourth-order valence-corrected chi connectivity index (χ4v) is 4.27. The molecule has 0 radical (unpaired) electrons. The predicted molar refractivity (Wildman–Crippen MR) is 115 cm³/mol. The first-order valence-corrected chi connectivity index (χ1v) is 10.4. The molecule has 3 aromatic rings. The molecule has 0 spiro atoms. The average molecular weight is 441 g/mol. The summed E-state index contributed by atoms with van der Waals surface area (Å²) >= 11 is 0. The van der Waals surface area contributed by atoms with Gasteiger partial charge in [0.25, 0.3) is 5.56 Å². The second-order valence-electron chi connectivity index (χ2n) is 7.94. The molecule has 0 saturated carbocycles. The lowest BCUT2D eigenvalue weighted by Crippen LogP contribution is -2.53. The first-order chi connectivity index (χ1) is 15.3. The van der Waals surface area contributed by atoms with Crippen molar-refractivity contribution in [2.24, 2.45) is 7.05 Å². The van der Waals surface area contributed by atoms with Gasteiger partial charge in [-0.05, 0) is 18.6 Å². The Bertz CT molecular complexity index is 1260. The number of benzene rings is 1. The van der Waals surface area contributed by atoms with E-state index in [0.717, 1.165) is 6.42 Å². The summed E-state index contributed by atoms with van der Waals surface area (Å²) in [7, 11) is 1.66. The average Bonchev–Trinajstić information content (AvgIpc) is 2.78. The molecule has 4 rings (SSSR count). The van der Waals surface area contributed by atoms with E-state index in [1.54, 1.807) is 19.2 Å². The third kappa shape index (κ3) is 3.94. The maximum absolute atomic E-state index is 14.1. The third-order valence-corrected chi connectivity index (χ3v) is 6.02. The number of piperazine rings is 1. The monoisotopic (exact) mass is 441 g/mol. The summed E-state index contributed by atoms with van der Waals surface area (Å²) in [6, 6.07) is 8.18. The van der Waals surface area contributed by atoms with Gasteiger partial charge in [0, 0.05) is 63.0 Å². The highest BCUT2D eigenvalue weighted by atomic mass is 19.1. The molecule has 9 heteroatoms. The van der Waals surface area contributed by atoms with E-state index in [0.29, 0.717) is 48.5 Å². The van der Waals surface area contributed by atoms with E-state index in [-0.39, 0.29) is 29.4 Å². The fraction of sp³-hybridized carbons (Fsp3) is 0.348. The Labute approximate surface area is 183 Å². The molecule has 1 atom stereocenters. The molecule has 1 aromatic carbocycles. The van der Waals surface area contributed by atoms with Crippen LogP contribution < -0.4 is 10.5 Å². The predicted octanol–water partition coefficient (Wildman–Crippen LogP) is 3.32. The number of halogens is 3. The molecular weight excluding hydrogens is 419 g/mol. The number of nitrogens with zero attached hydrogens (tertiary/aromatic N) is 5. The topological polar surface area (TPSA) is 65.2 Å². The minimum atomic E-state index is -0.943. The number of anilines is 1. The van der Waals surface area contributed by atoms with Crippen molar-refractivity contribution in [3.63, 3.8) is 0 Å². The van der Waals surface area contributed by atoms with Gasteiger partial charge in [-0.3, -0.25) is 9.69 Å². The first-order valence-electron chi connectivity index (χ1n) is 10.4. The summed E-state index contributed by atoms with van der Waals surface area (Å²) in [4.78, 5) is 21.0. The Morgan fingerprint density at radius 2 is 1.88 bits per heavy atom. The molecule has 1 aliphatic heterocycles. The standard InChI is InChI=1S/C23H22F3N5O/c1-3-16-12-30(13-17-18(25)8-14(24)9-19(17)26)6-7-31(16)21-10-22(32)29(2)20-5-4-15(11-27)28-23(20)21/h4-5,8-10,16H,3,6-7,12-13H2,1-2H3/t16-/m0/s1. The number of nitriles is 1. The van der Waals surface area contributed by atoms with Gasteiger partial charge in [0.1, 0.15) is 34.7 Å². The highest BCUT2D eigenvalue weighted by molar-refractivity contribution is 5.89. The maximum Gasteiger partial charge on any atom is 0.252 e. The van der Waals surface area contributed by atoms with Crippen molar-refractivity contribution < 1.29 is 13.2 Å². The summed E-state index contributed by atoms with van der Waals surface area (Å²) in [5.74, 6) is -2.74. The third-order valence-electron chi connectivity index (χ3n) is 6.02. The highest BCUT2D eigenvalue weighted by Crippen LogP contribution is 2.29. The van der Waals surface area contributed by atoms with Gasteiger partial charge in [-0.1, -0.05) is 6.92 Å². The lowest BCUT2D eigenvalue weighted by molar-refractivity contribution is 0.207. The molecule has 32 heavy (non-hydrogen) atoms. The van der Waals surface area contributed by atoms with Crippen molar-refractivity contribution in [1.82, 2.24) is 14.5 Å². The Kier molecular flexibility index (Phi) is 5.89. The van der Waals surface area contributed by atoms with E-state index in [4.69, 9.17) is 0 Å². The van der Waals surface area contributed by atoms with E-state index in [2.05, 4.69) is 9.88 Å². The maximum atomic E-state index is 14.1. The van der Waals surface area contributed by atoms with Gasteiger partial charge in [0.2, 0.25) is 0 Å². The van der Waals surface area contributed by atoms with Crippen LogP contribution in [0.3, 0.4) is 0 Å². The zero-order valence-electron chi connectivity index (χ0n) is 17.8. The van der Waals surface area contributed by atoms with Gasteiger partial charge >= 0.3 is 0 Å². The largest absolute Gasteiger partial charge is 0.364 e. The smallest absolute Gasteiger partial charge is 0.252 e. The Morgan fingerprint density at radius 1 is 1.16 bits per heavy atom. The zero-order chi connectivity index (χ0) is 23.0. The summed E-state index contributed by atoms with van der Waals surface area (Å²) in [5.41, 5.74) is 1.74.